The Morgan fingerprint density at radius 2 is 1.93 bits per heavy atom. The maximum absolute atomic E-state index is 11.3. The third kappa shape index (κ3) is 4.81. The fourth-order valence-electron chi connectivity index (χ4n) is 0.851. The van der Waals surface area contributed by atoms with Crippen molar-refractivity contribution in [2.45, 2.75) is 32.7 Å². The van der Waals surface area contributed by atoms with Crippen molar-refractivity contribution in [1.29, 1.82) is 0 Å². The lowest BCUT2D eigenvalue weighted by atomic mass is 10.1. The zero-order valence-corrected chi connectivity index (χ0v) is 9.02. The minimum Gasteiger partial charge on any atom is -0.368 e. The van der Waals surface area contributed by atoms with Gasteiger partial charge in [0.1, 0.15) is 5.54 Å². The summed E-state index contributed by atoms with van der Waals surface area (Å²) >= 11 is 0. The highest BCUT2D eigenvalue weighted by molar-refractivity contribution is 5.89. The first kappa shape index (κ1) is 12.9. The zero-order valence-electron chi connectivity index (χ0n) is 9.02. The molecule has 0 aromatic carbocycles. The van der Waals surface area contributed by atoms with Crippen LogP contribution in [0.25, 0.3) is 0 Å². The standard InChI is InChI=1S/C9H19N3O2/c1-4-11-6-5-7(13)12-9(2,3)8(10)14/h11H,4-6H2,1-3H3,(H2,10,14)(H,12,13). The maximum atomic E-state index is 11.3. The van der Waals surface area contributed by atoms with Crippen molar-refractivity contribution in [3.05, 3.63) is 0 Å². The highest BCUT2D eigenvalue weighted by Gasteiger charge is 2.26. The summed E-state index contributed by atoms with van der Waals surface area (Å²) in [5, 5.41) is 5.58. The van der Waals surface area contributed by atoms with E-state index in [4.69, 9.17) is 5.73 Å². The molecule has 4 N–H and O–H groups in total. The highest BCUT2D eigenvalue weighted by atomic mass is 16.2. The Morgan fingerprint density at radius 3 is 2.36 bits per heavy atom. The summed E-state index contributed by atoms with van der Waals surface area (Å²) in [7, 11) is 0. The predicted molar refractivity (Wildman–Crippen MR) is 54.6 cm³/mol. The van der Waals surface area contributed by atoms with E-state index in [1.807, 2.05) is 6.92 Å². The van der Waals surface area contributed by atoms with E-state index in [9.17, 15) is 9.59 Å². The summed E-state index contributed by atoms with van der Waals surface area (Å²) < 4.78 is 0. The van der Waals surface area contributed by atoms with E-state index in [1.54, 1.807) is 13.8 Å². The number of primary amides is 1. The average molecular weight is 201 g/mol. The Labute approximate surface area is 84.4 Å². The van der Waals surface area contributed by atoms with Crippen LogP contribution >= 0.6 is 0 Å². The van der Waals surface area contributed by atoms with Crippen LogP contribution in [-0.2, 0) is 9.59 Å². The normalized spacial score (nSPS) is 11.1. The summed E-state index contributed by atoms with van der Waals surface area (Å²) in [6.45, 7) is 6.57. The maximum Gasteiger partial charge on any atom is 0.242 e. The molecule has 0 spiro atoms. The molecule has 14 heavy (non-hydrogen) atoms. The molecule has 0 aromatic heterocycles. The summed E-state index contributed by atoms with van der Waals surface area (Å²) in [6, 6.07) is 0. The third-order valence-corrected chi connectivity index (χ3v) is 1.85. The number of carbonyl (C=O) groups excluding carboxylic acids is 2. The van der Waals surface area contributed by atoms with Crippen LogP contribution < -0.4 is 16.4 Å². The summed E-state index contributed by atoms with van der Waals surface area (Å²) in [6.07, 6.45) is 0.352. The van der Waals surface area contributed by atoms with Crippen LogP contribution in [0.15, 0.2) is 0 Å². The molecule has 0 fully saturated rings. The molecular formula is C9H19N3O2. The Kier molecular flexibility index (Phi) is 5.15. The predicted octanol–water partition coefficient (Wildman–Crippen LogP) is -0.634. The molecule has 0 saturated carbocycles. The Balaban J connectivity index is 3.88. The molecule has 0 aromatic rings. The van der Waals surface area contributed by atoms with Gasteiger partial charge in [0.15, 0.2) is 0 Å². The number of amides is 2. The van der Waals surface area contributed by atoms with Crippen molar-refractivity contribution >= 4 is 11.8 Å². The van der Waals surface area contributed by atoms with Crippen molar-refractivity contribution in [2.24, 2.45) is 5.73 Å². The molecule has 5 nitrogen and oxygen atoms in total. The third-order valence-electron chi connectivity index (χ3n) is 1.85. The Hall–Kier alpha value is -1.10. The molecule has 0 rings (SSSR count). The van der Waals surface area contributed by atoms with Crippen LogP contribution in [0, 0.1) is 0 Å². The summed E-state index contributed by atoms with van der Waals surface area (Å²) in [4.78, 5) is 22.2. The van der Waals surface area contributed by atoms with Crippen molar-refractivity contribution in [3.8, 4) is 0 Å². The lowest BCUT2D eigenvalue weighted by Gasteiger charge is -2.22. The topological polar surface area (TPSA) is 84.2 Å². The SMILES string of the molecule is CCNCCC(=O)NC(C)(C)C(N)=O. The van der Waals surface area contributed by atoms with E-state index >= 15 is 0 Å². The molecule has 0 bridgehead atoms. The van der Waals surface area contributed by atoms with Gasteiger partial charge in [0, 0.05) is 13.0 Å². The van der Waals surface area contributed by atoms with Gasteiger partial charge in [-0.1, -0.05) is 6.92 Å². The van der Waals surface area contributed by atoms with Crippen molar-refractivity contribution < 1.29 is 9.59 Å². The largest absolute Gasteiger partial charge is 0.368 e. The first-order valence-corrected chi connectivity index (χ1v) is 4.71. The van der Waals surface area contributed by atoms with Gasteiger partial charge in [-0.3, -0.25) is 9.59 Å². The van der Waals surface area contributed by atoms with E-state index in [1.165, 1.54) is 0 Å². The molecule has 0 saturated heterocycles. The molecule has 5 heteroatoms. The van der Waals surface area contributed by atoms with Gasteiger partial charge in [0.05, 0.1) is 0 Å². The Bertz CT molecular complexity index is 214. The van der Waals surface area contributed by atoms with Crippen molar-refractivity contribution in [1.82, 2.24) is 10.6 Å². The van der Waals surface area contributed by atoms with Crippen molar-refractivity contribution in [3.63, 3.8) is 0 Å². The fourth-order valence-corrected chi connectivity index (χ4v) is 0.851. The average Bonchev–Trinajstić information content (AvgIpc) is 2.03. The minimum absolute atomic E-state index is 0.172. The molecule has 0 aliphatic carbocycles. The summed E-state index contributed by atoms with van der Waals surface area (Å²) in [5.74, 6) is -0.705. The minimum atomic E-state index is -0.969. The lowest BCUT2D eigenvalue weighted by molar-refractivity contribution is -0.130. The van der Waals surface area contributed by atoms with Gasteiger partial charge in [-0.25, -0.2) is 0 Å². The second kappa shape index (κ2) is 5.59. The molecular weight excluding hydrogens is 182 g/mol. The second-order valence-corrected chi connectivity index (χ2v) is 3.64. The van der Waals surface area contributed by atoms with Gasteiger partial charge >= 0.3 is 0 Å². The molecule has 0 radical (unpaired) electrons. The summed E-state index contributed by atoms with van der Waals surface area (Å²) in [5.41, 5.74) is 4.14. The molecule has 82 valence electrons. The van der Waals surface area contributed by atoms with E-state index in [-0.39, 0.29) is 5.91 Å². The van der Waals surface area contributed by atoms with Crippen molar-refractivity contribution in [2.75, 3.05) is 13.1 Å². The number of hydrogen-bond donors (Lipinski definition) is 3. The van der Waals surface area contributed by atoms with Crippen LogP contribution in [-0.4, -0.2) is 30.4 Å². The zero-order chi connectivity index (χ0) is 11.2. The first-order chi connectivity index (χ1) is 6.40. The van der Waals surface area contributed by atoms with Crippen LogP contribution in [0.4, 0.5) is 0 Å². The van der Waals surface area contributed by atoms with Crippen LogP contribution in [0.5, 0.6) is 0 Å². The van der Waals surface area contributed by atoms with Gasteiger partial charge in [-0.2, -0.15) is 0 Å². The molecule has 2 amide bonds. The van der Waals surface area contributed by atoms with Gasteiger partial charge < -0.3 is 16.4 Å². The first-order valence-electron chi connectivity index (χ1n) is 4.71. The number of nitrogens with two attached hydrogens (primary N) is 1. The molecule has 0 unspecified atom stereocenters. The van der Waals surface area contributed by atoms with Gasteiger partial charge in [0.2, 0.25) is 11.8 Å². The van der Waals surface area contributed by atoms with E-state index in [0.717, 1.165) is 6.54 Å². The number of carbonyl (C=O) groups is 2. The Morgan fingerprint density at radius 1 is 1.36 bits per heavy atom. The lowest BCUT2D eigenvalue weighted by Crippen LogP contribution is -2.53. The van der Waals surface area contributed by atoms with Crippen LogP contribution in [0.1, 0.15) is 27.2 Å². The molecule has 0 heterocycles. The highest BCUT2D eigenvalue weighted by Crippen LogP contribution is 2.00. The second-order valence-electron chi connectivity index (χ2n) is 3.64. The number of hydrogen-bond acceptors (Lipinski definition) is 3. The van der Waals surface area contributed by atoms with E-state index < -0.39 is 11.4 Å². The molecule has 0 aliphatic rings. The van der Waals surface area contributed by atoms with Crippen LogP contribution in [0.3, 0.4) is 0 Å². The number of nitrogens with one attached hydrogen (secondary N) is 2. The molecule has 0 aliphatic heterocycles. The van der Waals surface area contributed by atoms with Gasteiger partial charge in [-0.05, 0) is 20.4 Å². The molecule has 0 atom stereocenters. The van der Waals surface area contributed by atoms with E-state index in [0.29, 0.717) is 13.0 Å². The van der Waals surface area contributed by atoms with Gasteiger partial charge in [0.25, 0.3) is 0 Å². The quantitative estimate of drug-likeness (QED) is 0.500. The van der Waals surface area contributed by atoms with Crippen LogP contribution in [0.2, 0.25) is 0 Å². The van der Waals surface area contributed by atoms with Gasteiger partial charge in [-0.15, -0.1) is 0 Å². The van der Waals surface area contributed by atoms with E-state index in [2.05, 4.69) is 10.6 Å². The fraction of sp³-hybridized carbons (Fsp3) is 0.778. The monoisotopic (exact) mass is 201 g/mol. The smallest absolute Gasteiger partial charge is 0.242 e. The number of rotatable bonds is 6.